The average molecular weight is 385 g/mol. The van der Waals surface area contributed by atoms with Gasteiger partial charge < -0.3 is 15.2 Å². The molecule has 0 spiro atoms. The first-order valence-corrected chi connectivity index (χ1v) is 7.15. The van der Waals surface area contributed by atoms with E-state index in [0.717, 1.165) is 12.1 Å². The number of nitrogens with one attached hydrogen (secondary N) is 1. The molecule has 0 saturated heterocycles. The predicted molar refractivity (Wildman–Crippen MR) is 86.9 cm³/mol. The van der Waals surface area contributed by atoms with Crippen LogP contribution in [0.25, 0.3) is 0 Å². The summed E-state index contributed by atoms with van der Waals surface area (Å²) in [6.45, 7) is 0.411. The van der Waals surface area contributed by atoms with Gasteiger partial charge in [0, 0.05) is 6.54 Å². The van der Waals surface area contributed by atoms with Crippen LogP contribution in [0.5, 0.6) is 5.75 Å². The van der Waals surface area contributed by atoms with Crippen LogP contribution in [0, 0.1) is 0 Å². The molecule has 0 unspecified atom stereocenters. The van der Waals surface area contributed by atoms with Crippen LogP contribution in [0.2, 0.25) is 0 Å². The molecule has 25 heavy (non-hydrogen) atoms. The van der Waals surface area contributed by atoms with E-state index in [1.165, 1.54) is 12.1 Å². The minimum atomic E-state index is -4.44. The third kappa shape index (κ3) is 9.78. The molecule has 1 aromatic rings. The van der Waals surface area contributed by atoms with Crippen LogP contribution in [0.1, 0.15) is 12.0 Å². The molecule has 0 atom stereocenters. The Hall–Kier alpha value is -2.00. The summed E-state index contributed by atoms with van der Waals surface area (Å²) < 4.78 is 42.8. The highest BCUT2D eigenvalue weighted by Crippen LogP contribution is 2.31. The highest BCUT2D eigenvalue weighted by molar-refractivity contribution is 5.85. The maximum absolute atomic E-state index is 12.5. The van der Waals surface area contributed by atoms with E-state index in [9.17, 15) is 22.8 Å². The summed E-state index contributed by atoms with van der Waals surface area (Å²) in [4.78, 5) is 23.6. The number of benzene rings is 1. The van der Waals surface area contributed by atoms with Crippen molar-refractivity contribution in [1.29, 1.82) is 0 Å². The van der Waals surface area contributed by atoms with Gasteiger partial charge in [0.25, 0.3) is 0 Å². The van der Waals surface area contributed by atoms with E-state index in [0.29, 0.717) is 0 Å². The van der Waals surface area contributed by atoms with Crippen LogP contribution in [0.3, 0.4) is 0 Å². The largest absolute Gasteiger partial charge is 0.492 e. The third-order valence-corrected chi connectivity index (χ3v) is 2.98. The number of aliphatic carboxylic acids is 1. The van der Waals surface area contributed by atoms with Crippen LogP contribution in [-0.4, -0.2) is 55.2 Å². The first-order chi connectivity index (χ1) is 11.2. The number of nitrogens with zero attached hydrogens (tertiary/aromatic N) is 1. The van der Waals surface area contributed by atoms with Crippen molar-refractivity contribution in [3.8, 4) is 5.75 Å². The first-order valence-electron chi connectivity index (χ1n) is 7.15. The van der Waals surface area contributed by atoms with Gasteiger partial charge in [0.2, 0.25) is 5.91 Å². The van der Waals surface area contributed by atoms with Crippen LogP contribution in [0.4, 0.5) is 13.2 Å². The Morgan fingerprint density at radius 3 is 2.60 bits per heavy atom. The van der Waals surface area contributed by atoms with Crippen molar-refractivity contribution in [3.63, 3.8) is 0 Å². The molecule has 0 saturated carbocycles. The van der Waals surface area contributed by atoms with Crippen LogP contribution in [0.15, 0.2) is 24.3 Å². The standard InChI is InChI=1S/C15H19F3N2O4.ClH/c1-20(7-5-14(22)23)10-13(21)19-6-8-24-12-4-2-3-11(9-12)15(16,17)18;/h2-4,9H,5-8,10H2,1H3,(H,19,21)(H,22,23);1H. The molecule has 0 aliphatic heterocycles. The van der Waals surface area contributed by atoms with Gasteiger partial charge in [-0.15, -0.1) is 12.4 Å². The van der Waals surface area contributed by atoms with E-state index in [-0.39, 0.29) is 56.7 Å². The average Bonchev–Trinajstić information content (AvgIpc) is 2.49. The number of carboxylic acids is 1. The molecule has 142 valence electrons. The molecular weight excluding hydrogens is 365 g/mol. The van der Waals surface area contributed by atoms with Crippen molar-refractivity contribution in [2.45, 2.75) is 12.6 Å². The van der Waals surface area contributed by atoms with E-state index < -0.39 is 17.7 Å². The van der Waals surface area contributed by atoms with Gasteiger partial charge in [-0.25, -0.2) is 0 Å². The number of ether oxygens (including phenoxy) is 1. The molecule has 0 heterocycles. The quantitative estimate of drug-likeness (QED) is 0.637. The highest BCUT2D eigenvalue weighted by atomic mass is 35.5. The molecule has 0 aliphatic carbocycles. The molecule has 0 bridgehead atoms. The molecule has 10 heteroatoms. The van der Waals surface area contributed by atoms with Crippen molar-refractivity contribution >= 4 is 24.3 Å². The zero-order valence-electron chi connectivity index (χ0n) is 13.5. The van der Waals surface area contributed by atoms with Gasteiger partial charge in [-0.1, -0.05) is 6.07 Å². The van der Waals surface area contributed by atoms with Crippen molar-refractivity contribution in [1.82, 2.24) is 10.2 Å². The molecule has 0 fully saturated rings. The lowest BCUT2D eigenvalue weighted by molar-refractivity contribution is -0.138. The van der Waals surface area contributed by atoms with Crippen molar-refractivity contribution in [3.05, 3.63) is 29.8 Å². The lowest BCUT2D eigenvalue weighted by atomic mass is 10.2. The van der Waals surface area contributed by atoms with Crippen molar-refractivity contribution < 1.29 is 32.6 Å². The topological polar surface area (TPSA) is 78.9 Å². The van der Waals surface area contributed by atoms with E-state index in [1.54, 1.807) is 11.9 Å². The molecule has 1 rings (SSSR count). The van der Waals surface area contributed by atoms with Gasteiger partial charge in [-0.3, -0.25) is 14.5 Å². The normalized spacial score (nSPS) is 10.9. The minimum Gasteiger partial charge on any atom is -0.492 e. The number of likely N-dealkylation sites (N-methyl/N-ethyl adjacent to an activating group) is 1. The summed E-state index contributed by atoms with van der Waals surface area (Å²) in [6, 6.07) is 4.48. The molecular formula is C15H20ClF3N2O4. The summed E-state index contributed by atoms with van der Waals surface area (Å²) >= 11 is 0. The Kier molecular flexibility index (Phi) is 9.92. The van der Waals surface area contributed by atoms with E-state index in [2.05, 4.69) is 5.32 Å². The van der Waals surface area contributed by atoms with Crippen molar-refractivity contribution in [2.24, 2.45) is 0 Å². The second-order valence-corrected chi connectivity index (χ2v) is 5.11. The van der Waals surface area contributed by atoms with Gasteiger partial charge in [0.05, 0.1) is 25.1 Å². The number of halogens is 4. The smallest absolute Gasteiger partial charge is 0.416 e. The fourth-order valence-electron chi connectivity index (χ4n) is 1.79. The Bertz CT molecular complexity index is 570. The Morgan fingerprint density at radius 1 is 1.32 bits per heavy atom. The second kappa shape index (κ2) is 10.8. The van der Waals surface area contributed by atoms with Crippen LogP contribution < -0.4 is 10.1 Å². The van der Waals surface area contributed by atoms with Crippen LogP contribution >= 0.6 is 12.4 Å². The fraction of sp³-hybridized carbons (Fsp3) is 0.467. The molecule has 0 aliphatic rings. The number of carbonyl (C=O) groups excluding carboxylic acids is 1. The van der Waals surface area contributed by atoms with Gasteiger partial charge in [-0.2, -0.15) is 13.2 Å². The molecule has 1 amide bonds. The second-order valence-electron chi connectivity index (χ2n) is 5.11. The molecule has 6 nitrogen and oxygen atoms in total. The van der Waals surface area contributed by atoms with Gasteiger partial charge in [-0.05, 0) is 25.2 Å². The molecule has 2 N–H and O–H groups in total. The summed E-state index contributed by atoms with van der Waals surface area (Å²) in [5, 5.41) is 11.1. The number of alkyl halides is 3. The third-order valence-electron chi connectivity index (χ3n) is 2.98. The number of hydrogen-bond acceptors (Lipinski definition) is 4. The van der Waals surface area contributed by atoms with E-state index >= 15 is 0 Å². The van der Waals surface area contributed by atoms with Gasteiger partial charge in [0.15, 0.2) is 0 Å². The van der Waals surface area contributed by atoms with E-state index in [4.69, 9.17) is 9.84 Å². The Morgan fingerprint density at radius 2 is 2.00 bits per heavy atom. The molecule has 0 radical (unpaired) electrons. The highest BCUT2D eigenvalue weighted by Gasteiger charge is 2.30. The molecule has 1 aromatic carbocycles. The number of hydrogen-bond donors (Lipinski definition) is 2. The van der Waals surface area contributed by atoms with Gasteiger partial charge >= 0.3 is 12.1 Å². The monoisotopic (exact) mass is 384 g/mol. The lowest BCUT2D eigenvalue weighted by Crippen LogP contribution is -2.37. The van der Waals surface area contributed by atoms with E-state index in [1.807, 2.05) is 0 Å². The lowest BCUT2D eigenvalue weighted by Gasteiger charge is -2.15. The number of carboxylic acid groups (broad SMARTS) is 1. The zero-order valence-corrected chi connectivity index (χ0v) is 14.3. The summed E-state index contributed by atoms with van der Waals surface area (Å²) in [6.07, 6.45) is -4.50. The SMILES string of the molecule is CN(CCC(=O)O)CC(=O)NCCOc1cccc(C(F)(F)F)c1.Cl. The maximum atomic E-state index is 12.5. The van der Waals surface area contributed by atoms with Crippen molar-refractivity contribution in [2.75, 3.05) is 33.3 Å². The number of rotatable bonds is 9. The Balaban J connectivity index is 0.00000576. The Labute approximate surface area is 149 Å². The van der Waals surface area contributed by atoms with Crippen LogP contribution in [-0.2, 0) is 15.8 Å². The van der Waals surface area contributed by atoms with Gasteiger partial charge in [0.1, 0.15) is 12.4 Å². The zero-order chi connectivity index (χ0) is 18.2. The predicted octanol–water partition coefficient (Wildman–Crippen LogP) is 2.03. The minimum absolute atomic E-state index is 0. The summed E-state index contributed by atoms with van der Waals surface area (Å²) in [7, 11) is 1.61. The number of amides is 1. The maximum Gasteiger partial charge on any atom is 0.416 e. The first kappa shape index (κ1) is 23.0. The number of carbonyl (C=O) groups is 2. The fourth-order valence-corrected chi connectivity index (χ4v) is 1.79. The summed E-state index contributed by atoms with van der Waals surface area (Å²) in [5.41, 5.74) is -0.802. The summed E-state index contributed by atoms with van der Waals surface area (Å²) in [5.74, 6) is -1.20. The molecule has 0 aromatic heterocycles.